The van der Waals surface area contributed by atoms with Gasteiger partial charge in [0, 0.05) is 11.3 Å². The molecule has 3 aromatic carbocycles. The van der Waals surface area contributed by atoms with Crippen LogP contribution in [0.1, 0.15) is 40.2 Å². The summed E-state index contributed by atoms with van der Waals surface area (Å²) in [6.45, 7) is 11.6. The summed E-state index contributed by atoms with van der Waals surface area (Å²) in [5.74, 6) is 2.16. The van der Waals surface area contributed by atoms with Gasteiger partial charge in [0.1, 0.15) is 11.5 Å². The van der Waals surface area contributed by atoms with E-state index >= 15 is 0 Å². The van der Waals surface area contributed by atoms with Crippen LogP contribution < -0.4 is 14.8 Å². The Morgan fingerprint density at radius 2 is 1.58 bits per heavy atom. The Bertz CT molecular complexity index is 1360. The van der Waals surface area contributed by atoms with Crippen LogP contribution in [-0.2, 0) is 10.2 Å². The highest BCUT2D eigenvalue weighted by molar-refractivity contribution is 7.99. The number of para-hydroxylation sites is 2. The summed E-state index contributed by atoms with van der Waals surface area (Å²) in [6.07, 6.45) is 0. The normalized spacial score (nSPS) is 11.3. The Balaban J connectivity index is 1.61. The van der Waals surface area contributed by atoms with Crippen LogP contribution in [0, 0.1) is 0 Å². The van der Waals surface area contributed by atoms with E-state index in [0.717, 1.165) is 17.0 Å². The minimum atomic E-state index is -0.153. The Morgan fingerprint density at radius 3 is 2.24 bits per heavy atom. The van der Waals surface area contributed by atoms with Crippen molar-refractivity contribution in [3.63, 3.8) is 0 Å². The molecule has 0 radical (unpaired) electrons. The van der Waals surface area contributed by atoms with Crippen molar-refractivity contribution in [1.29, 1.82) is 0 Å². The van der Waals surface area contributed by atoms with E-state index in [1.165, 1.54) is 17.3 Å². The molecule has 0 unspecified atom stereocenters. The van der Waals surface area contributed by atoms with Gasteiger partial charge in [-0.25, -0.2) is 0 Å². The van der Waals surface area contributed by atoms with Crippen molar-refractivity contribution in [3.8, 4) is 28.6 Å². The van der Waals surface area contributed by atoms with Gasteiger partial charge >= 0.3 is 0 Å². The molecule has 7 nitrogen and oxygen atoms in total. The number of hydrogen-bond donors (Lipinski definition) is 1. The fraction of sp³-hybridized carbons (Fsp3) is 0.300. The lowest BCUT2D eigenvalue weighted by atomic mass is 9.87. The third-order valence-corrected chi connectivity index (χ3v) is 6.77. The summed E-state index contributed by atoms with van der Waals surface area (Å²) in [5.41, 5.74) is 3.77. The van der Waals surface area contributed by atoms with E-state index in [9.17, 15) is 4.79 Å². The first-order valence-electron chi connectivity index (χ1n) is 12.7. The zero-order valence-electron chi connectivity index (χ0n) is 22.5. The van der Waals surface area contributed by atoms with E-state index < -0.39 is 0 Å². The van der Waals surface area contributed by atoms with Crippen LogP contribution in [0.4, 0.5) is 5.69 Å². The molecular formula is C30H34N4O3S. The molecule has 0 fully saturated rings. The summed E-state index contributed by atoms with van der Waals surface area (Å²) in [6, 6.07) is 23.6. The Labute approximate surface area is 228 Å². The number of hydrogen-bond acceptors (Lipinski definition) is 6. The first-order valence-corrected chi connectivity index (χ1v) is 13.7. The zero-order valence-corrected chi connectivity index (χ0v) is 23.3. The predicted molar refractivity (Wildman–Crippen MR) is 154 cm³/mol. The maximum Gasteiger partial charge on any atom is 0.234 e. The second kappa shape index (κ2) is 12.2. The second-order valence-electron chi connectivity index (χ2n) is 9.66. The van der Waals surface area contributed by atoms with Gasteiger partial charge in [0.05, 0.1) is 24.7 Å². The van der Waals surface area contributed by atoms with Gasteiger partial charge in [-0.05, 0) is 61.2 Å². The van der Waals surface area contributed by atoms with Gasteiger partial charge in [0.15, 0.2) is 11.0 Å². The molecule has 8 heteroatoms. The van der Waals surface area contributed by atoms with E-state index in [1.807, 2.05) is 66.9 Å². The van der Waals surface area contributed by atoms with Gasteiger partial charge in [0.2, 0.25) is 5.91 Å². The van der Waals surface area contributed by atoms with Crippen LogP contribution in [0.2, 0.25) is 0 Å². The molecule has 0 atom stereocenters. The number of carbonyl (C=O) groups excluding carboxylic acids is 1. The lowest BCUT2D eigenvalue weighted by Crippen LogP contribution is -2.15. The van der Waals surface area contributed by atoms with Crippen molar-refractivity contribution in [3.05, 3.63) is 78.4 Å². The van der Waals surface area contributed by atoms with Gasteiger partial charge in [-0.3, -0.25) is 9.36 Å². The highest BCUT2D eigenvalue weighted by Crippen LogP contribution is 2.31. The van der Waals surface area contributed by atoms with Gasteiger partial charge in [0.25, 0.3) is 0 Å². The Morgan fingerprint density at radius 1 is 0.895 bits per heavy atom. The molecule has 0 bridgehead atoms. The average Bonchev–Trinajstić information content (AvgIpc) is 3.33. The molecule has 198 valence electrons. The van der Waals surface area contributed by atoms with Gasteiger partial charge in [-0.15, -0.1) is 10.2 Å². The van der Waals surface area contributed by atoms with Crippen molar-refractivity contribution in [2.45, 2.75) is 45.2 Å². The molecule has 1 amide bonds. The number of ether oxygens (including phenoxy) is 2. The lowest BCUT2D eigenvalue weighted by Gasteiger charge is -2.19. The molecule has 1 aromatic heterocycles. The van der Waals surface area contributed by atoms with Crippen LogP contribution in [-0.4, -0.2) is 39.6 Å². The minimum Gasteiger partial charge on any atom is -0.494 e. The SMILES string of the molecule is CCOc1ccc(-n2c(SCC(=O)Nc3ccccc3OCC)nnc2-c2ccc(C(C)(C)C)cc2)cc1. The summed E-state index contributed by atoms with van der Waals surface area (Å²) in [5, 5.41) is 12.6. The van der Waals surface area contributed by atoms with Crippen molar-refractivity contribution < 1.29 is 14.3 Å². The lowest BCUT2D eigenvalue weighted by molar-refractivity contribution is -0.113. The van der Waals surface area contributed by atoms with Crippen molar-refractivity contribution in [2.24, 2.45) is 0 Å². The van der Waals surface area contributed by atoms with Crippen LogP contribution in [0.5, 0.6) is 11.5 Å². The summed E-state index contributed by atoms with van der Waals surface area (Å²) >= 11 is 1.33. The second-order valence-corrected chi connectivity index (χ2v) is 10.6. The predicted octanol–water partition coefficient (Wildman–Crippen LogP) is 6.76. The van der Waals surface area contributed by atoms with Gasteiger partial charge in [-0.1, -0.05) is 68.9 Å². The van der Waals surface area contributed by atoms with Gasteiger partial charge in [-0.2, -0.15) is 0 Å². The highest BCUT2D eigenvalue weighted by Gasteiger charge is 2.19. The monoisotopic (exact) mass is 530 g/mol. The molecule has 0 aliphatic rings. The fourth-order valence-corrected chi connectivity index (χ4v) is 4.68. The first-order chi connectivity index (χ1) is 18.3. The smallest absolute Gasteiger partial charge is 0.234 e. The third-order valence-electron chi connectivity index (χ3n) is 5.84. The van der Waals surface area contributed by atoms with Crippen LogP contribution in [0.25, 0.3) is 17.1 Å². The number of thioether (sulfide) groups is 1. The molecule has 0 saturated heterocycles. The molecule has 0 aliphatic heterocycles. The molecular weight excluding hydrogens is 496 g/mol. The number of carbonyl (C=O) groups is 1. The molecule has 0 saturated carbocycles. The van der Waals surface area contributed by atoms with Crippen LogP contribution >= 0.6 is 11.8 Å². The van der Waals surface area contributed by atoms with Gasteiger partial charge < -0.3 is 14.8 Å². The number of amides is 1. The number of aromatic nitrogens is 3. The minimum absolute atomic E-state index is 0.0521. The summed E-state index contributed by atoms with van der Waals surface area (Å²) < 4.78 is 13.2. The Hall–Kier alpha value is -3.78. The number of rotatable bonds is 10. The molecule has 38 heavy (non-hydrogen) atoms. The molecule has 4 rings (SSSR count). The largest absolute Gasteiger partial charge is 0.494 e. The number of nitrogens with one attached hydrogen (secondary N) is 1. The average molecular weight is 531 g/mol. The van der Waals surface area contributed by atoms with E-state index in [1.54, 1.807) is 0 Å². The molecule has 0 aliphatic carbocycles. The zero-order chi connectivity index (χ0) is 27.1. The number of nitrogens with zero attached hydrogens (tertiary/aromatic N) is 3. The fourth-order valence-electron chi connectivity index (χ4n) is 3.93. The maximum absolute atomic E-state index is 12.9. The summed E-state index contributed by atoms with van der Waals surface area (Å²) in [4.78, 5) is 12.9. The molecule has 0 spiro atoms. The van der Waals surface area contributed by atoms with Crippen molar-refractivity contribution >= 4 is 23.4 Å². The van der Waals surface area contributed by atoms with E-state index in [0.29, 0.717) is 35.6 Å². The Kier molecular flexibility index (Phi) is 8.73. The van der Waals surface area contributed by atoms with Crippen molar-refractivity contribution in [1.82, 2.24) is 14.8 Å². The number of anilines is 1. The van der Waals surface area contributed by atoms with Crippen molar-refractivity contribution in [2.75, 3.05) is 24.3 Å². The first kappa shape index (κ1) is 27.3. The van der Waals surface area contributed by atoms with Crippen LogP contribution in [0.3, 0.4) is 0 Å². The van der Waals surface area contributed by atoms with E-state index in [4.69, 9.17) is 9.47 Å². The third kappa shape index (κ3) is 6.55. The van der Waals surface area contributed by atoms with E-state index in [-0.39, 0.29) is 17.1 Å². The standard InChI is InChI=1S/C30H34N4O3S/c1-6-36-24-18-16-23(17-19-24)34-28(21-12-14-22(15-13-21)30(3,4)5)32-33-29(34)38-20-27(35)31-25-10-8-9-11-26(25)37-7-2/h8-19H,6-7,20H2,1-5H3,(H,31,35). The quantitative estimate of drug-likeness (QED) is 0.228. The highest BCUT2D eigenvalue weighted by atomic mass is 32.2. The van der Waals surface area contributed by atoms with Crippen LogP contribution in [0.15, 0.2) is 78.0 Å². The molecule has 1 heterocycles. The van der Waals surface area contributed by atoms with E-state index in [2.05, 4.69) is 60.6 Å². The maximum atomic E-state index is 12.9. The topological polar surface area (TPSA) is 78.3 Å². The number of benzene rings is 3. The molecule has 4 aromatic rings. The summed E-state index contributed by atoms with van der Waals surface area (Å²) in [7, 11) is 0. The molecule has 1 N–H and O–H groups in total.